The Bertz CT molecular complexity index is 477. The summed E-state index contributed by atoms with van der Waals surface area (Å²) in [7, 11) is 0. The minimum Gasteiger partial charge on any atom is -0.382 e. The van der Waals surface area contributed by atoms with Crippen LogP contribution < -0.4 is 5.32 Å². The number of rotatable bonds is 2. The van der Waals surface area contributed by atoms with Crippen molar-refractivity contribution in [2.45, 2.75) is 26.8 Å². The van der Waals surface area contributed by atoms with Crippen molar-refractivity contribution in [1.82, 2.24) is 9.97 Å². The van der Waals surface area contributed by atoms with Gasteiger partial charge in [0.2, 0.25) is 0 Å². The van der Waals surface area contributed by atoms with Crippen LogP contribution in [0.1, 0.15) is 19.5 Å². The topological polar surface area (TPSA) is 37.8 Å². The van der Waals surface area contributed by atoms with E-state index in [2.05, 4.69) is 35.2 Å². The molecule has 0 spiro atoms. The number of pyridine rings is 2. The number of hydrogen-bond donors (Lipinski definition) is 1. The summed E-state index contributed by atoms with van der Waals surface area (Å²) in [5.74, 6) is 0. The van der Waals surface area contributed by atoms with E-state index in [0.29, 0.717) is 6.04 Å². The summed E-state index contributed by atoms with van der Waals surface area (Å²) in [5, 5.41) is 4.55. The van der Waals surface area contributed by atoms with Gasteiger partial charge >= 0.3 is 0 Å². The van der Waals surface area contributed by atoms with E-state index in [1.807, 2.05) is 13.0 Å². The average molecular weight is 201 g/mol. The highest BCUT2D eigenvalue weighted by Crippen LogP contribution is 2.22. The number of aromatic nitrogens is 2. The molecule has 0 unspecified atom stereocenters. The van der Waals surface area contributed by atoms with Gasteiger partial charge in [-0.15, -0.1) is 0 Å². The number of anilines is 1. The van der Waals surface area contributed by atoms with Crippen LogP contribution in [0.15, 0.2) is 24.5 Å². The van der Waals surface area contributed by atoms with Gasteiger partial charge in [0.25, 0.3) is 0 Å². The molecule has 2 aromatic heterocycles. The van der Waals surface area contributed by atoms with Crippen molar-refractivity contribution < 1.29 is 0 Å². The molecule has 78 valence electrons. The number of aryl methyl sites for hydroxylation is 1. The first-order chi connectivity index (χ1) is 7.16. The molecular formula is C12H15N3. The van der Waals surface area contributed by atoms with Crippen LogP contribution in [0.4, 0.5) is 5.69 Å². The minimum absolute atomic E-state index is 0.420. The van der Waals surface area contributed by atoms with Crippen molar-refractivity contribution in [3.8, 4) is 0 Å². The van der Waals surface area contributed by atoms with Gasteiger partial charge in [0, 0.05) is 29.0 Å². The monoisotopic (exact) mass is 201 g/mol. The smallest absolute Gasteiger partial charge is 0.0909 e. The van der Waals surface area contributed by atoms with E-state index < -0.39 is 0 Å². The second kappa shape index (κ2) is 3.85. The van der Waals surface area contributed by atoms with Crippen LogP contribution in [0.3, 0.4) is 0 Å². The van der Waals surface area contributed by atoms with E-state index in [0.717, 1.165) is 22.3 Å². The van der Waals surface area contributed by atoms with Gasteiger partial charge in [0.05, 0.1) is 11.7 Å². The first-order valence-corrected chi connectivity index (χ1v) is 5.15. The Morgan fingerprint density at radius 1 is 1.33 bits per heavy atom. The van der Waals surface area contributed by atoms with Gasteiger partial charge in [-0.1, -0.05) is 0 Å². The summed E-state index contributed by atoms with van der Waals surface area (Å²) in [6.07, 6.45) is 3.60. The summed E-state index contributed by atoms with van der Waals surface area (Å²) in [5.41, 5.74) is 3.09. The van der Waals surface area contributed by atoms with Crippen molar-refractivity contribution in [1.29, 1.82) is 0 Å². The number of nitrogens with zero attached hydrogens (tertiary/aromatic N) is 2. The van der Waals surface area contributed by atoms with Gasteiger partial charge in [-0.2, -0.15) is 0 Å². The van der Waals surface area contributed by atoms with Crippen LogP contribution in [0.5, 0.6) is 0 Å². The molecule has 0 aliphatic heterocycles. The molecule has 3 heteroatoms. The normalized spacial score (nSPS) is 10.9. The Balaban J connectivity index is 2.60. The molecule has 0 aliphatic rings. The quantitative estimate of drug-likeness (QED) is 0.811. The lowest BCUT2D eigenvalue weighted by Gasteiger charge is -2.13. The Morgan fingerprint density at radius 2 is 2.13 bits per heavy atom. The molecular weight excluding hydrogens is 186 g/mol. The second-order valence-electron chi connectivity index (χ2n) is 4.00. The molecule has 0 radical (unpaired) electrons. The van der Waals surface area contributed by atoms with E-state index in [1.165, 1.54) is 0 Å². The van der Waals surface area contributed by atoms with Gasteiger partial charge in [0.1, 0.15) is 0 Å². The molecule has 1 N–H and O–H groups in total. The zero-order chi connectivity index (χ0) is 10.8. The predicted octanol–water partition coefficient (Wildman–Crippen LogP) is 2.76. The molecule has 0 atom stereocenters. The molecule has 3 nitrogen and oxygen atoms in total. The maximum atomic E-state index is 4.44. The summed E-state index contributed by atoms with van der Waals surface area (Å²) >= 11 is 0. The fraction of sp³-hybridized carbons (Fsp3) is 0.333. The van der Waals surface area contributed by atoms with Crippen LogP contribution in [0.2, 0.25) is 0 Å². The third-order valence-electron chi connectivity index (χ3n) is 2.18. The standard InChI is InChI=1S/C12H15N3/c1-8(2)14-11-6-9(3)15-12-7-13-5-4-10(11)12/h4-8H,1-3H3,(H,14,15). The molecule has 0 amide bonds. The molecule has 0 fully saturated rings. The minimum atomic E-state index is 0.420. The van der Waals surface area contributed by atoms with Crippen molar-refractivity contribution in [2.75, 3.05) is 5.32 Å². The fourth-order valence-corrected chi connectivity index (χ4v) is 1.64. The summed E-state index contributed by atoms with van der Waals surface area (Å²) in [6, 6.07) is 4.48. The van der Waals surface area contributed by atoms with Crippen LogP contribution in [0.25, 0.3) is 10.9 Å². The lowest BCUT2D eigenvalue weighted by molar-refractivity contribution is 0.900. The maximum absolute atomic E-state index is 4.44. The summed E-state index contributed by atoms with van der Waals surface area (Å²) < 4.78 is 0. The van der Waals surface area contributed by atoms with Crippen molar-refractivity contribution in [2.24, 2.45) is 0 Å². The molecule has 0 aliphatic carbocycles. The van der Waals surface area contributed by atoms with E-state index in [1.54, 1.807) is 12.4 Å². The first-order valence-electron chi connectivity index (χ1n) is 5.15. The molecule has 2 rings (SSSR count). The number of nitrogens with one attached hydrogen (secondary N) is 1. The largest absolute Gasteiger partial charge is 0.382 e. The molecule has 0 saturated heterocycles. The van der Waals surface area contributed by atoms with Gasteiger partial charge in [-0.05, 0) is 32.9 Å². The van der Waals surface area contributed by atoms with Gasteiger partial charge in [0.15, 0.2) is 0 Å². The molecule has 2 aromatic rings. The van der Waals surface area contributed by atoms with Crippen LogP contribution in [0, 0.1) is 6.92 Å². The highest BCUT2D eigenvalue weighted by molar-refractivity contribution is 5.90. The zero-order valence-corrected chi connectivity index (χ0v) is 9.28. The maximum Gasteiger partial charge on any atom is 0.0909 e. The Labute approximate surface area is 89.6 Å². The third kappa shape index (κ3) is 2.06. The molecule has 0 aromatic carbocycles. The average Bonchev–Trinajstić information content (AvgIpc) is 2.16. The van der Waals surface area contributed by atoms with Crippen LogP contribution >= 0.6 is 0 Å². The third-order valence-corrected chi connectivity index (χ3v) is 2.18. The summed E-state index contributed by atoms with van der Waals surface area (Å²) in [6.45, 7) is 6.25. The highest BCUT2D eigenvalue weighted by atomic mass is 14.9. The van der Waals surface area contributed by atoms with Crippen molar-refractivity contribution >= 4 is 16.6 Å². The first kappa shape index (κ1) is 9.90. The lowest BCUT2D eigenvalue weighted by Crippen LogP contribution is -2.10. The fourth-order valence-electron chi connectivity index (χ4n) is 1.64. The number of fused-ring (bicyclic) bond motifs is 1. The predicted molar refractivity (Wildman–Crippen MR) is 63.0 cm³/mol. The van der Waals surface area contributed by atoms with Crippen LogP contribution in [-0.2, 0) is 0 Å². The van der Waals surface area contributed by atoms with Crippen molar-refractivity contribution in [3.05, 3.63) is 30.2 Å². The lowest BCUT2D eigenvalue weighted by atomic mass is 10.2. The van der Waals surface area contributed by atoms with Gasteiger partial charge < -0.3 is 5.32 Å². The van der Waals surface area contributed by atoms with Gasteiger partial charge in [-0.3, -0.25) is 9.97 Å². The summed E-state index contributed by atoms with van der Waals surface area (Å²) in [4.78, 5) is 8.53. The SMILES string of the molecule is Cc1cc(NC(C)C)c2ccncc2n1. The van der Waals surface area contributed by atoms with Crippen molar-refractivity contribution in [3.63, 3.8) is 0 Å². The Kier molecular flexibility index (Phi) is 2.54. The Hall–Kier alpha value is -1.64. The van der Waals surface area contributed by atoms with Gasteiger partial charge in [-0.25, -0.2) is 0 Å². The number of hydrogen-bond acceptors (Lipinski definition) is 3. The van der Waals surface area contributed by atoms with E-state index in [9.17, 15) is 0 Å². The van der Waals surface area contributed by atoms with Crippen LogP contribution in [-0.4, -0.2) is 16.0 Å². The molecule has 0 saturated carbocycles. The van der Waals surface area contributed by atoms with E-state index in [4.69, 9.17) is 0 Å². The Morgan fingerprint density at radius 3 is 2.87 bits per heavy atom. The second-order valence-corrected chi connectivity index (χ2v) is 4.00. The molecule has 15 heavy (non-hydrogen) atoms. The van der Waals surface area contributed by atoms with E-state index in [-0.39, 0.29) is 0 Å². The molecule has 2 heterocycles. The highest BCUT2D eigenvalue weighted by Gasteiger charge is 2.04. The van der Waals surface area contributed by atoms with E-state index >= 15 is 0 Å². The zero-order valence-electron chi connectivity index (χ0n) is 9.28. The molecule has 0 bridgehead atoms.